The molecule has 0 unspecified atom stereocenters. The summed E-state index contributed by atoms with van der Waals surface area (Å²) in [5.41, 5.74) is 1.34. The van der Waals surface area contributed by atoms with E-state index >= 15 is 0 Å². The molecule has 7 heteroatoms. The number of benzene rings is 4. The Morgan fingerprint density at radius 3 is 2.18 bits per heavy atom. The van der Waals surface area contributed by atoms with E-state index in [9.17, 15) is 19.7 Å². The molecule has 0 saturated carbocycles. The van der Waals surface area contributed by atoms with E-state index in [0.29, 0.717) is 5.56 Å². The highest BCUT2D eigenvalue weighted by atomic mass is 16.6. The van der Waals surface area contributed by atoms with E-state index in [1.165, 1.54) is 25.3 Å². The van der Waals surface area contributed by atoms with Crippen molar-refractivity contribution in [3.05, 3.63) is 100 Å². The number of carbonyl (C=O) groups excluding carboxylic acids is 2. The standard InChI is InChI=1S/C26H22N2O5/c1-33-26(30)24(27-25(29)14-17-7-6-10-20(13-17)28(31)32)16-23-21-11-4-2-8-18(21)15-19-9-3-5-12-22(19)23/h2-13,15,24H,14,16H2,1H3,(H,27,29)/t24-/m1/s1. The average Bonchev–Trinajstić information content (AvgIpc) is 2.82. The fraction of sp³-hybridized carbons (Fsp3) is 0.154. The van der Waals surface area contributed by atoms with Crippen molar-refractivity contribution in [2.45, 2.75) is 18.9 Å². The maximum atomic E-state index is 12.8. The molecule has 0 bridgehead atoms. The zero-order valence-electron chi connectivity index (χ0n) is 18.0. The Morgan fingerprint density at radius 2 is 1.58 bits per heavy atom. The maximum absolute atomic E-state index is 12.8. The summed E-state index contributed by atoms with van der Waals surface area (Å²) in [7, 11) is 1.28. The first kappa shape index (κ1) is 22.0. The molecule has 4 aromatic rings. The van der Waals surface area contributed by atoms with Crippen molar-refractivity contribution in [1.82, 2.24) is 5.32 Å². The van der Waals surface area contributed by atoms with Crippen molar-refractivity contribution in [2.75, 3.05) is 7.11 Å². The Bertz CT molecular complexity index is 1310. The van der Waals surface area contributed by atoms with Crippen molar-refractivity contribution in [3.8, 4) is 0 Å². The molecule has 0 aliphatic carbocycles. The number of non-ortho nitro benzene ring substituents is 1. The number of nitro groups is 1. The summed E-state index contributed by atoms with van der Waals surface area (Å²) in [4.78, 5) is 35.8. The molecule has 0 aliphatic heterocycles. The molecule has 1 atom stereocenters. The summed E-state index contributed by atoms with van der Waals surface area (Å²) < 4.78 is 4.97. The lowest BCUT2D eigenvalue weighted by Crippen LogP contribution is -2.43. The van der Waals surface area contributed by atoms with E-state index in [4.69, 9.17) is 4.74 Å². The summed E-state index contributed by atoms with van der Waals surface area (Å²) >= 11 is 0. The number of nitrogens with zero attached hydrogens (tertiary/aromatic N) is 1. The lowest BCUT2D eigenvalue weighted by molar-refractivity contribution is -0.384. The zero-order chi connectivity index (χ0) is 23.4. The number of methoxy groups -OCH3 is 1. The van der Waals surface area contributed by atoms with E-state index in [-0.39, 0.29) is 18.5 Å². The molecule has 7 nitrogen and oxygen atoms in total. The molecule has 0 saturated heterocycles. The number of carbonyl (C=O) groups is 2. The van der Waals surface area contributed by atoms with Gasteiger partial charge in [-0.25, -0.2) is 4.79 Å². The Morgan fingerprint density at radius 1 is 0.939 bits per heavy atom. The first-order valence-electron chi connectivity index (χ1n) is 10.5. The van der Waals surface area contributed by atoms with Crippen LogP contribution in [0.1, 0.15) is 11.1 Å². The SMILES string of the molecule is COC(=O)[C@@H](Cc1c2ccccc2cc2ccccc12)NC(=O)Cc1cccc([N+](=O)[O-])c1. The number of amides is 1. The van der Waals surface area contributed by atoms with E-state index < -0.39 is 22.8 Å². The molecule has 4 rings (SSSR count). The fourth-order valence-corrected chi connectivity index (χ4v) is 4.08. The molecular weight excluding hydrogens is 420 g/mol. The predicted molar refractivity (Wildman–Crippen MR) is 126 cm³/mol. The molecular formula is C26H22N2O5. The van der Waals surface area contributed by atoms with Crippen molar-refractivity contribution in [3.63, 3.8) is 0 Å². The highest BCUT2D eigenvalue weighted by Gasteiger charge is 2.24. The van der Waals surface area contributed by atoms with Crippen molar-refractivity contribution < 1.29 is 19.2 Å². The number of nitrogens with one attached hydrogen (secondary N) is 1. The molecule has 0 fully saturated rings. The molecule has 1 N–H and O–H groups in total. The van der Waals surface area contributed by atoms with Crippen LogP contribution in [0.3, 0.4) is 0 Å². The summed E-state index contributed by atoms with van der Waals surface area (Å²) in [6, 6.07) is 22.9. The number of nitro benzene ring substituents is 1. The van der Waals surface area contributed by atoms with Crippen molar-refractivity contribution in [2.24, 2.45) is 0 Å². The van der Waals surface area contributed by atoms with Crippen LogP contribution in [0.4, 0.5) is 5.69 Å². The van der Waals surface area contributed by atoms with Crippen LogP contribution in [-0.4, -0.2) is 30.0 Å². The van der Waals surface area contributed by atoms with Gasteiger partial charge in [0.1, 0.15) is 6.04 Å². The molecule has 33 heavy (non-hydrogen) atoms. The summed E-state index contributed by atoms with van der Waals surface area (Å²) in [5, 5.41) is 17.8. The van der Waals surface area contributed by atoms with Gasteiger partial charge in [0.2, 0.25) is 5.91 Å². The fourth-order valence-electron chi connectivity index (χ4n) is 4.08. The minimum Gasteiger partial charge on any atom is -0.467 e. The highest BCUT2D eigenvalue weighted by molar-refractivity contribution is 6.02. The van der Waals surface area contributed by atoms with Crippen LogP contribution in [0, 0.1) is 10.1 Å². The minimum absolute atomic E-state index is 0.0907. The Hall–Kier alpha value is -4.26. The third kappa shape index (κ3) is 4.82. The predicted octanol–water partition coefficient (Wildman–Crippen LogP) is 4.34. The van der Waals surface area contributed by atoms with Gasteiger partial charge in [-0.05, 0) is 38.7 Å². The van der Waals surface area contributed by atoms with Gasteiger partial charge in [0.05, 0.1) is 18.5 Å². The Labute approximate surface area is 190 Å². The number of rotatable bonds is 7. The van der Waals surface area contributed by atoms with Gasteiger partial charge >= 0.3 is 5.97 Å². The normalized spacial score (nSPS) is 11.8. The molecule has 0 aliphatic rings. The quantitative estimate of drug-likeness (QED) is 0.199. The topological polar surface area (TPSA) is 98.5 Å². The first-order chi connectivity index (χ1) is 16.0. The van der Waals surface area contributed by atoms with Crippen molar-refractivity contribution in [1.29, 1.82) is 0 Å². The van der Waals surface area contributed by atoms with E-state index in [1.54, 1.807) is 6.07 Å². The summed E-state index contributed by atoms with van der Waals surface area (Å²) in [6.07, 6.45) is 0.153. The van der Waals surface area contributed by atoms with Crippen molar-refractivity contribution >= 4 is 39.1 Å². The van der Waals surface area contributed by atoms with Gasteiger partial charge in [0.15, 0.2) is 0 Å². The molecule has 0 heterocycles. The molecule has 1 amide bonds. The van der Waals surface area contributed by atoms with Crippen LogP contribution >= 0.6 is 0 Å². The van der Waals surface area contributed by atoms with Crippen LogP contribution in [0.5, 0.6) is 0 Å². The monoisotopic (exact) mass is 442 g/mol. The number of esters is 1. The van der Waals surface area contributed by atoms with Crippen LogP contribution in [0.2, 0.25) is 0 Å². The second kappa shape index (κ2) is 9.48. The number of hydrogen-bond acceptors (Lipinski definition) is 5. The van der Waals surface area contributed by atoms with Crippen LogP contribution < -0.4 is 5.32 Å². The Kier molecular flexibility index (Phi) is 6.31. The van der Waals surface area contributed by atoms with Gasteiger partial charge < -0.3 is 10.1 Å². The van der Waals surface area contributed by atoms with Crippen LogP contribution in [-0.2, 0) is 27.2 Å². The van der Waals surface area contributed by atoms with E-state index in [0.717, 1.165) is 27.1 Å². The molecule has 0 radical (unpaired) electrons. The zero-order valence-corrected chi connectivity index (χ0v) is 18.0. The lowest BCUT2D eigenvalue weighted by atomic mass is 9.92. The van der Waals surface area contributed by atoms with Gasteiger partial charge in [0, 0.05) is 18.6 Å². The van der Waals surface area contributed by atoms with E-state index in [1.807, 2.05) is 48.5 Å². The third-order valence-corrected chi connectivity index (χ3v) is 5.60. The average molecular weight is 442 g/mol. The van der Waals surface area contributed by atoms with Gasteiger partial charge in [-0.15, -0.1) is 0 Å². The van der Waals surface area contributed by atoms with Gasteiger partial charge in [-0.2, -0.15) is 0 Å². The third-order valence-electron chi connectivity index (χ3n) is 5.60. The second-order valence-corrected chi connectivity index (χ2v) is 7.75. The highest BCUT2D eigenvalue weighted by Crippen LogP contribution is 2.29. The largest absolute Gasteiger partial charge is 0.467 e. The van der Waals surface area contributed by atoms with Gasteiger partial charge in [0.25, 0.3) is 5.69 Å². The minimum atomic E-state index is -0.907. The maximum Gasteiger partial charge on any atom is 0.328 e. The molecule has 0 aromatic heterocycles. The summed E-state index contributed by atoms with van der Waals surface area (Å²) in [5.74, 6) is -0.977. The van der Waals surface area contributed by atoms with Crippen LogP contribution in [0.25, 0.3) is 21.5 Å². The van der Waals surface area contributed by atoms with E-state index in [2.05, 4.69) is 11.4 Å². The molecule has 0 spiro atoms. The number of ether oxygens (including phenoxy) is 1. The number of fused-ring (bicyclic) bond motifs is 2. The first-order valence-corrected chi connectivity index (χ1v) is 10.5. The molecule has 4 aromatic carbocycles. The molecule has 166 valence electrons. The summed E-state index contributed by atoms with van der Waals surface area (Å²) in [6.45, 7) is 0. The number of hydrogen-bond donors (Lipinski definition) is 1. The Balaban J connectivity index is 1.64. The second-order valence-electron chi connectivity index (χ2n) is 7.75. The lowest BCUT2D eigenvalue weighted by Gasteiger charge is -2.19. The van der Waals surface area contributed by atoms with Gasteiger partial charge in [-0.1, -0.05) is 60.7 Å². The van der Waals surface area contributed by atoms with Gasteiger partial charge in [-0.3, -0.25) is 14.9 Å². The van der Waals surface area contributed by atoms with Crippen LogP contribution in [0.15, 0.2) is 78.9 Å². The smallest absolute Gasteiger partial charge is 0.328 e.